The number of aromatic nitrogens is 1. The molecular formula is C19H33IN6O2. The number of nitrogens with zero attached hydrogens (tertiary/aromatic N) is 5. The maximum absolute atomic E-state index is 12.6. The number of rotatable bonds is 5. The molecule has 1 aromatic heterocycles. The van der Waals surface area contributed by atoms with Gasteiger partial charge >= 0.3 is 0 Å². The molecule has 2 aliphatic heterocycles. The van der Waals surface area contributed by atoms with Crippen molar-refractivity contribution in [3.63, 3.8) is 0 Å². The van der Waals surface area contributed by atoms with Crippen LogP contribution in [0.4, 0.5) is 0 Å². The Morgan fingerprint density at radius 1 is 1.21 bits per heavy atom. The van der Waals surface area contributed by atoms with Gasteiger partial charge in [-0.25, -0.2) is 0 Å². The van der Waals surface area contributed by atoms with Gasteiger partial charge in [0.25, 0.3) is 0 Å². The number of nitrogens with one attached hydrogen (secondary N) is 1. The molecule has 1 atom stereocenters. The fourth-order valence-corrected chi connectivity index (χ4v) is 3.78. The van der Waals surface area contributed by atoms with Crippen molar-refractivity contribution in [2.45, 2.75) is 45.7 Å². The van der Waals surface area contributed by atoms with E-state index in [4.69, 9.17) is 4.52 Å². The van der Waals surface area contributed by atoms with Gasteiger partial charge in [-0.3, -0.25) is 14.7 Å². The molecule has 1 unspecified atom stereocenters. The second-order valence-corrected chi connectivity index (χ2v) is 7.27. The fraction of sp³-hybridized carbons (Fsp3) is 0.737. The number of carbonyl (C=O) groups excluding carboxylic acids is 1. The van der Waals surface area contributed by atoms with Gasteiger partial charge in [-0.05, 0) is 26.2 Å². The number of amides is 1. The predicted molar refractivity (Wildman–Crippen MR) is 120 cm³/mol. The maximum atomic E-state index is 12.6. The minimum absolute atomic E-state index is 0. The summed E-state index contributed by atoms with van der Waals surface area (Å²) >= 11 is 0. The molecule has 1 amide bonds. The molecule has 0 aliphatic carbocycles. The summed E-state index contributed by atoms with van der Waals surface area (Å²) < 4.78 is 5.32. The smallest absolute Gasteiger partial charge is 0.239 e. The van der Waals surface area contributed by atoms with Crippen LogP contribution < -0.4 is 5.32 Å². The Bertz CT molecular complexity index is 651. The van der Waals surface area contributed by atoms with Crippen LogP contribution in [0.25, 0.3) is 0 Å². The van der Waals surface area contributed by atoms with Crippen molar-refractivity contribution in [1.29, 1.82) is 0 Å². The standard InChI is InChI=1S/C19H32N6O2.HI/c1-4-16-13-17(27-22-16)14-21-19(20-3)25-11-9-23(10-12-25)15(2)18(26)24-7-5-6-8-24;/h13,15H,4-12,14H2,1-3H3,(H,20,21);1H. The highest BCUT2D eigenvalue weighted by atomic mass is 127. The zero-order chi connectivity index (χ0) is 19.2. The molecule has 1 N–H and O–H groups in total. The number of piperazine rings is 1. The number of guanidine groups is 1. The van der Waals surface area contributed by atoms with E-state index >= 15 is 0 Å². The molecule has 1 aromatic rings. The molecule has 0 bridgehead atoms. The molecule has 9 heteroatoms. The number of likely N-dealkylation sites (tertiary alicyclic amines) is 1. The lowest BCUT2D eigenvalue weighted by atomic mass is 10.2. The van der Waals surface area contributed by atoms with Crippen LogP contribution in [0.1, 0.15) is 38.1 Å². The first-order valence-electron chi connectivity index (χ1n) is 10.0. The fourth-order valence-electron chi connectivity index (χ4n) is 3.78. The first-order valence-corrected chi connectivity index (χ1v) is 10.0. The maximum Gasteiger partial charge on any atom is 0.239 e. The monoisotopic (exact) mass is 504 g/mol. The van der Waals surface area contributed by atoms with Crippen LogP contribution in [0, 0.1) is 0 Å². The topological polar surface area (TPSA) is 77.2 Å². The summed E-state index contributed by atoms with van der Waals surface area (Å²) in [6.45, 7) is 9.95. The third kappa shape index (κ3) is 5.59. The van der Waals surface area contributed by atoms with Crippen LogP contribution in [-0.4, -0.2) is 84.1 Å². The first-order chi connectivity index (χ1) is 13.1. The van der Waals surface area contributed by atoms with Gasteiger partial charge in [0.1, 0.15) is 0 Å². The second-order valence-electron chi connectivity index (χ2n) is 7.27. The Hall–Kier alpha value is -1.36. The summed E-state index contributed by atoms with van der Waals surface area (Å²) in [4.78, 5) is 23.6. The van der Waals surface area contributed by atoms with Crippen LogP contribution in [0.3, 0.4) is 0 Å². The van der Waals surface area contributed by atoms with E-state index in [0.717, 1.165) is 75.9 Å². The zero-order valence-corrected chi connectivity index (χ0v) is 19.5. The normalized spacial score (nSPS) is 19.5. The van der Waals surface area contributed by atoms with Crippen LogP contribution in [-0.2, 0) is 17.8 Å². The largest absolute Gasteiger partial charge is 0.359 e. The van der Waals surface area contributed by atoms with Gasteiger partial charge in [-0.1, -0.05) is 12.1 Å². The minimum atomic E-state index is -0.0399. The molecule has 0 spiro atoms. The summed E-state index contributed by atoms with van der Waals surface area (Å²) in [7, 11) is 1.80. The lowest BCUT2D eigenvalue weighted by Gasteiger charge is -2.39. The average Bonchev–Trinajstić information content (AvgIpc) is 3.40. The number of carbonyl (C=O) groups is 1. The summed E-state index contributed by atoms with van der Waals surface area (Å²) in [6.07, 6.45) is 3.15. The minimum Gasteiger partial charge on any atom is -0.359 e. The van der Waals surface area contributed by atoms with E-state index in [1.165, 1.54) is 0 Å². The van der Waals surface area contributed by atoms with E-state index in [-0.39, 0.29) is 35.9 Å². The Balaban J connectivity index is 0.00000280. The number of hydrogen-bond donors (Lipinski definition) is 1. The lowest BCUT2D eigenvalue weighted by molar-refractivity contribution is -0.135. The second kappa shape index (κ2) is 11.0. The summed E-state index contributed by atoms with van der Waals surface area (Å²) in [5, 5.41) is 7.37. The van der Waals surface area contributed by atoms with Gasteiger partial charge in [0.15, 0.2) is 11.7 Å². The molecule has 0 aromatic carbocycles. The van der Waals surface area contributed by atoms with Gasteiger partial charge in [0.05, 0.1) is 18.3 Å². The quantitative estimate of drug-likeness (QED) is 0.373. The predicted octanol–water partition coefficient (Wildman–Crippen LogP) is 1.56. The zero-order valence-electron chi connectivity index (χ0n) is 17.2. The van der Waals surface area contributed by atoms with Crippen molar-refractivity contribution in [2.75, 3.05) is 46.3 Å². The van der Waals surface area contributed by atoms with Crippen LogP contribution in [0.2, 0.25) is 0 Å². The van der Waals surface area contributed by atoms with E-state index in [0.29, 0.717) is 6.54 Å². The van der Waals surface area contributed by atoms with E-state index in [9.17, 15) is 4.79 Å². The Kier molecular flexibility index (Phi) is 9.00. The Labute approximate surface area is 184 Å². The molecule has 0 radical (unpaired) electrons. The molecule has 28 heavy (non-hydrogen) atoms. The number of halogens is 1. The number of hydrogen-bond acceptors (Lipinski definition) is 5. The van der Waals surface area contributed by atoms with E-state index in [1.807, 2.05) is 17.9 Å². The first kappa shape index (κ1) is 22.9. The molecule has 0 saturated carbocycles. The van der Waals surface area contributed by atoms with Crippen molar-refractivity contribution in [3.8, 4) is 0 Å². The van der Waals surface area contributed by atoms with E-state index in [1.54, 1.807) is 7.05 Å². The SMILES string of the molecule is CCc1cc(CNC(=NC)N2CCN(C(C)C(=O)N3CCCC3)CC2)on1.I. The van der Waals surface area contributed by atoms with Gasteiger partial charge in [-0.15, -0.1) is 24.0 Å². The molecule has 8 nitrogen and oxygen atoms in total. The molecule has 2 aliphatic rings. The molecule has 2 fully saturated rings. The molecule has 158 valence electrons. The highest BCUT2D eigenvalue weighted by Crippen LogP contribution is 2.14. The van der Waals surface area contributed by atoms with Crippen LogP contribution in [0.5, 0.6) is 0 Å². The van der Waals surface area contributed by atoms with Crippen molar-refractivity contribution < 1.29 is 9.32 Å². The highest BCUT2D eigenvalue weighted by Gasteiger charge is 2.30. The molecule has 2 saturated heterocycles. The van der Waals surface area contributed by atoms with E-state index in [2.05, 4.69) is 32.2 Å². The Morgan fingerprint density at radius 3 is 2.46 bits per heavy atom. The lowest BCUT2D eigenvalue weighted by Crippen LogP contribution is -2.57. The van der Waals surface area contributed by atoms with Gasteiger partial charge < -0.3 is 19.6 Å². The number of aliphatic imine (C=N–C) groups is 1. The molecule has 3 rings (SSSR count). The van der Waals surface area contributed by atoms with Crippen LogP contribution in [0.15, 0.2) is 15.6 Å². The third-order valence-corrected chi connectivity index (χ3v) is 5.54. The van der Waals surface area contributed by atoms with Gasteiger partial charge in [0, 0.05) is 52.4 Å². The van der Waals surface area contributed by atoms with E-state index < -0.39 is 0 Å². The highest BCUT2D eigenvalue weighted by molar-refractivity contribution is 14.0. The van der Waals surface area contributed by atoms with Crippen LogP contribution >= 0.6 is 24.0 Å². The summed E-state index contributed by atoms with van der Waals surface area (Å²) in [5.41, 5.74) is 0.965. The summed E-state index contributed by atoms with van der Waals surface area (Å²) in [6, 6.07) is 1.94. The third-order valence-electron chi connectivity index (χ3n) is 5.54. The van der Waals surface area contributed by atoms with Gasteiger partial charge in [0.2, 0.25) is 5.91 Å². The van der Waals surface area contributed by atoms with Crippen molar-refractivity contribution in [3.05, 3.63) is 17.5 Å². The Morgan fingerprint density at radius 2 is 1.89 bits per heavy atom. The number of aryl methyl sites for hydroxylation is 1. The summed E-state index contributed by atoms with van der Waals surface area (Å²) in [5.74, 6) is 1.96. The van der Waals surface area contributed by atoms with Gasteiger partial charge in [-0.2, -0.15) is 0 Å². The van der Waals surface area contributed by atoms with Crippen molar-refractivity contribution in [1.82, 2.24) is 25.2 Å². The van der Waals surface area contributed by atoms with Crippen molar-refractivity contribution in [2.24, 2.45) is 4.99 Å². The molecular weight excluding hydrogens is 471 g/mol. The average molecular weight is 504 g/mol. The van der Waals surface area contributed by atoms with Crippen molar-refractivity contribution >= 4 is 35.8 Å². The molecule has 3 heterocycles.